The zero-order valence-electron chi connectivity index (χ0n) is 6.44. The highest BCUT2D eigenvalue weighted by Gasteiger charge is 1.74. The summed E-state index contributed by atoms with van der Waals surface area (Å²) < 4.78 is 0. The molecule has 62 valence electrons. The van der Waals surface area contributed by atoms with Crippen LogP contribution in [0.3, 0.4) is 0 Å². The number of rotatable bonds is 0. The fourth-order valence-corrected chi connectivity index (χ4v) is 0.428. The summed E-state index contributed by atoms with van der Waals surface area (Å²) in [6.45, 7) is 1.50. The third-order valence-corrected chi connectivity index (χ3v) is 0.756. The van der Waals surface area contributed by atoms with Gasteiger partial charge in [-0.25, -0.2) is 0 Å². The smallest absolute Gasteiger partial charge is 0.115 e. The lowest BCUT2D eigenvalue weighted by atomic mass is 10.3. The molecule has 11 heavy (non-hydrogen) atoms. The van der Waals surface area contributed by atoms with Crippen LogP contribution in [0.4, 0.5) is 0 Å². The first kappa shape index (κ1) is 9.94. The van der Waals surface area contributed by atoms with Gasteiger partial charge < -0.3 is 15.9 Å². The maximum Gasteiger partial charge on any atom is 0.115 e. The molecule has 0 saturated carbocycles. The predicted octanol–water partition coefficient (Wildman–Crippen LogP) is 0.676. The van der Waals surface area contributed by atoms with Crippen molar-refractivity contribution in [2.45, 2.75) is 13.2 Å². The van der Waals surface area contributed by atoms with Crippen LogP contribution >= 0.6 is 0 Å². The molecule has 0 aliphatic carbocycles. The van der Waals surface area contributed by atoms with E-state index in [1.165, 1.54) is 6.92 Å². The predicted molar refractivity (Wildman–Crippen MR) is 44.0 cm³/mol. The minimum Gasteiger partial charge on any atom is -0.508 e. The van der Waals surface area contributed by atoms with Crippen LogP contribution in [0, 0.1) is 0 Å². The molecule has 4 N–H and O–H groups in total. The Balaban J connectivity index is 0.000000218. The number of aliphatic hydroxyl groups excluding tert-OH is 1. The van der Waals surface area contributed by atoms with E-state index >= 15 is 0 Å². The molecule has 0 spiro atoms. The molecular weight excluding hydrogens is 142 g/mol. The molecule has 1 unspecified atom stereocenters. The summed E-state index contributed by atoms with van der Waals surface area (Å²) in [6, 6.07) is 8.71. The largest absolute Gasteiger partial charge is 0.508 e. The van der Waals surface area contributed by atoms with E-state index in [0.717, 1.165) is 0 Å². The zero-order valence-corrected chi connectivity index (χ0v) is 6.44. The van der Waals surface area contributed by atoms with Crippen LogP contribution in [0.25, 0.3) is 0 Å². The van der Waals surface area contributed by atoms with Crippen LogP contribution in [0.15, 0.2) is 30.3 Å². The lowest BCUT2D eigenvalue weighted by Crippen LogP contribution is -2.11. The SMILES string of the molecule is CC(N)O.Oc1ccccc1. The Bertz CT molecular complexity index is 172. The standard InChI is InChI=1S/C6H6O.C2H7NO/c7-6-4-2-1-3-5-6;1-2(3)4/h1-5,7H;2,4H,3H2,1H3. The number of aromatic hydroxyl groups is 1. The number of phenolic OH excluding ortho intramolecular Hbond substituents is 1. The third-order valence-electron chi connectivity index (χ3n) is 0.756. The summed E-state index contributed by atoms with van der Waals surface area (Å²) in [6.07, 6.45) is -0.667. The maximum absolute atomic E-state index is 8.63. The summed E-state index contributed by atoms with van der Waals surface area (Å²) in [5.41, 5.74) is 4.67. The van der Waals surface area contributed by atoms with E-state index in [0.29, 0.717) is 5.75 Å². The number of phenols is 1. The van der Waals surface area contributed by atoms with Crippen molar-refractivity contribution >= 4 is 0 Å². The zero-order chi connectivity index (χ0) is 8.69. The lowest BCUT2D eigenvalue weighted by molar-refractivity contribution is 0.203. The Morgan fingerprint density at radius 2 is 1.64 bits per heavy atom. The molecule has 0 heterocycles. The van der Waals surface area contributed by atoms with Crippen molar-refractivity contribution in [3.63, 3.8) is 0 Å². The first-order chi connectivity index (χ1) is 5.13. The Hall–Kier alpha value is -1.06. The van der Waals surface area contributed by atoms with Crippen molar-refractivity contribution in [1.29, 1.82) is 0 Å². The molecule has 0 aromatic heterocycles. The summed E-state index contributed by atoms with van der Waals surface area (Å²) in [4.78, 5) is 0. The van der Waals surface area contributed by atoms with Crippen molar-refractivity contribution in [3.05, 3.63) is 30.3 Å². The van der Waals surface area contributed by atoms with Gasteiger partial charge in [0.2, 0.25) is 0 Å². The molecule has 0 amide bonds. The molecule has 0 fully saturated rings. The van der Waals surface area contributed by atoms with Gasteiger partial charge in [0.1, 0.15) is 5.75 Å². The number of benzene rings is 1. The Labute approximate surface area is 66.1 Å². The van der Waals surface area contributed by atoms with Crippen LogP contribution in [0.2, 0.25) is 0 Å². The van der Waals surface area contributed by atoms with E-state index in [1.54, 1.807) is 24.3 Å². The average molecular weight is 155 g/mol. The van der Waals surface area contributed by atoms with Gasteiger partial charge in [0.25, 0.3) is 0 Å². The van der Waals surface area contributed by atoms with Gasteiger partial charge in [-0.05, 0) is 19.1 Å². The number of hydrogen-bond donors (Lipinski definition) is 3. The minimum absolute atomic E-state index is 0.322. The fraction of sp³-hybridized carbons (Fsp3) is 0.250. The first-order valence-corrected chi connectivity index (χ1v) is 3.30. The number of para-hydroxylation sites is 1. The van der Waals surface area contributed by atoms with Crippen LogP contribution in [0.5, 0.6) is 5.75 Å². The van der Waals surface area contributed by atoms with E-state index in [-0.39, 0.29) is 0 Å². The Morgan fingerprint density at radius 1 is 1.27 bits per heavy atom. The third kappa shape index (κ3) is 8.94. The quantitative estimate of drug-likeness (QED) is 0.482. The van der Waals surface area contributed by atoms with Crippen LogP contribution in [0.1, 0.15) is 6.92 Å². The summed E-state index contributed by atoms with van der Waals surface area (Å²) >= 11 is 0. The van der Waals surface area contributed by atoms with E-state index < -0.39 is 6.23 Å². The van der Waals surface area contributed by atoms with Crippen LogP contribution in [-0.2, 0) is 0 Å². The topological polar surface area (TPSA) is 66.5 Å². The van der Waals surface area contributed by atoms with Crippen molar-refractivity contribution in [2.75, 3.05) is 0 Å². The average Bonchev–Trinajstić information content (AvgIpc) is 1.87. The van der Waals surface area contributed by atoms with Gasteiger partial charge in [-0.1, -0.05) is 18.2 Å². The monoisotopic (exact) mass is 155 g/mol. The van der Waals surface area contributed by atoms with Crippen molar-refractivity contribution in [3.8, 4) is 5.75 Å². The van der Waals surface area contributed by atoms with Gasteiger partial charge in [-0.15, -0.1) is 0 Å². The summed E-state index contributed by atoms with van der Waals surface area (Å²) in [7, 11) is 0. The van der Waals surface area contributed by atoms with E-state index in [9.17, 15) is 0 Å². The molecule has 0 bridgehead atoms. The van der Waals surface area contributed by atoms with Gasteiger partial charge in [-0.2, -0.15) is 0 Å². The number of hydrogen-bond acceptors (Lipinski definition) is 3. The highest BCUT2D eigenvalue weighted by molar-refractivity contribution is 5.18. The van der Waals surface area contributed by atoms with Crippen LogP contribution in [-0.4, -0.2) is 16.4 Å². The molecule has 1 aromatic rings. The fourth-order valence-electron chi connectivity index (χ4n) is 0.428. The van der Waals surface area contributed by atoms with Gasteiger partial charge in [0.15, 0.2) is 0 Å². The Morgan fingerprint density at radius 3 is 1.82 bits per heavy atom. The molecular formula is C8H13NO2. The summed E-state index contributed by atoms with van der Waals surface area (Å²) in [5.74, 6) is 0.322. The molecule has 1 atom stereocenters. The van der Waals surface area contributed by atoms with Gasteiger partial charge in [0.05, 0.1) is 6.23 Å². The van der Waals surface area contributed by atoms with Crippen molar-refractivity contribution in [1.82, 2.24) is 0 Å². The minimum atomic E-state index is -0.667. The molecule has 0 saturated heterocycles. The van der Waals surface area contributed by atoms with E-state index in [1.807, 2.05) is 6.07 Å². The second-order valence-corrected chi connectivity index (χ2v) is 2.08. The molecule has 3 nitrogen and oxygen atoms in total. The molecule has 3 heteroatoms. The first-order valence-electron chi connectivity index (χ1n) is 3.30. The molecule has 0 radical (unpaired) electrons. The second-order valence-electron chi connectivity index (χ2n) is 2.08. The molecule has 1 aromatic carbocycles. The normalized spacial score (nSPS) is 11.2. The van der Waals surface area contributed by atoms with Gasteiger partial charge in [0, 0.05) is 0 Å². The van der Waals surface area contributed by atoms with Crippen LogP contribution < -0.4 is 5.73 Å². The second kappa shape index (κ2) is 5.70. The Kier molecular flexibility index (Phi) is 5.15. The van der Waals surface area contributed by atoms with E-state index in [2.05, 4.69) is 5.73 Å². The number of aliphatic hydroxyl groups is 1. The lowest BCUT2D eigenvalue weighted by Gasteiger charge is -1.82. The maximum atomic E-state index is 8.63. The number of nitrogens with two attached hydrogens (primary N) is 1. The summed E-state index contributed by atoms with van der Waals surface area (Å²) in [5, 5.41) is 16.5. The highest BCUT2D eigenvalue weighted by Crippen LogP contribution is 2.02. The van der Waals surface area contributed by atoms with Gasteiger partial charge >= 0.3 is 0 Å². The van der Waals surface area contributed by atoms with Gasteiger partial charge in [-0.3, -0.25) is 0 Å². The van der Waals surface area contributed by atoms with Crippen molar-refractivity contribution in [2.24, 2.45) is 5.73 Å². The molecule has 0 aliphatic rings. The van der Waals surface area contributed by atoms with Crippen molar-refractivity contribution < 1.29 is 10.2 Å². The molecule has 1 rings (SSSR count). The highest BCUT2D eigenvalue weighted by atomic mass is 16.3. The molecule has 0 aliphatic heterocycles. The van der Waals surface area contributed by atoms with E-state index in [4.69, 9.17) is 10.2 Å².